The Labute approximate surface area is 113 Å². The highest BCUT2D eigenvalue weighted by atomic mass is 32.1. The van der Waals surface area contributed by atoms with Crippen LogP contribution in [-0.2, 0) is 0 Å². The lowest BCUT2D eigenvalue weighted by atomic mass is 10.2. The summed E-state index contributed by atoms with van der Waals surface area (Å²) in [5.74, 6) is 1.60. The molecule has 2 N–H and O–H groups in total. The van der Waals surface area contributed by atoms with Gasteiger partial charge in [-0.1, -0.05) is 19.1 Å². The fourth-order valence-corrected chi connectivity index (χ4v) is 1.86. The molecule has 1 aromatic rings. The molecule has 1 unspecified atom stereocenters. The summed E-state index contributed by atoms with van der Waals surface area (Å²) in [6, 6.07) is 7.69. The molecule has 5 heteroatoms. The number of rotatable bonds is 4. The number of benzene rings is 1. The minimum atomic E-state index is -0.0127. The lowest BCUT2D eigenvalue weighted by molar-refractivity contribution is 0.0937. The van der Waals surface area contributed by atoms with Crippen molar-refractivity contribution in [3.63, 3.8) is 0 Å². The van der Waals surface area contributed by atoms with Crippen molar-refractivity contribution in [3.8, 4) is 11.5 Å². The third-order valence-electron chi connectivity index (χ3n) is 2.59. The first-order valence-electron chi connectivity index (χ1n) is 6.19. The lowest BCUT2D eigenvalue weighted by Crippen LogP contribution is -2.44. The normalized spacial score (nSPS) is 17.1. The summed E-state index contributed by atoms with van der Waals surface area (Å²) >= 11 is 5.15. The van der Waals surface area contributed by atoms with Gasteiger partial charge in [-0.25, -0.2) is 0 Å². The van der Waals surface area contributed by atoms with Gasteiger partial charge < -0.3 is 20.1 Å². The molecule has 1 atom stereocenters. The smallest absolute Gasteiger partial charge is 0.166 e. The van der Waals surface area contributed by atoms with Gasteiger partial charge in [0.1, 0.15) is 12.7 Å². The van der Waals surface area contributed by atoms with E-state index in [2.05, 4.69) is 17.6 Å². The van der Waals surface area contributed by atoms with E-state index in [0.29, 0.717) is 18.3 Å². The average molecular weight is 266 g/mol. The highest BCUT2D eigenvalue weighted by Crippen LogP contribution is 2.30. The van der Waals surface area contributed by atoms with Crippen molar-refractivity contribution in [2.24, 2.45) is 0 Å². The van der Waals surface area contributed by atoms with Crippen molar-refractivity contribution in [1.82, 2.24) is 10.6 Å². The Morgan fingerprint density at radius 3 is 2.89 bits per heavy atom. The Morgan fingerprint density at radius 1 is 1.33 bits per heavy atom. The molecule has 1 heterocycles. The van der Waals surface area contributed by atoms with Crippen molar-refractivity contribution >= 4 is 17.3 Å². The predicted molar refractivity (Wildman–Crippen MR) is 75.2 cm³/mol. The average Bonchev–Trinajstić information content (AvgIpc) is 2.42. The minimum absolute atomic E-state index is 0.0127. The Bertz CT molecular complexity index is 412. The molecule has 4 nitrogen and oxygen atoms in total. The SMILES string of the molecule is CCCNC(=S)NCC1COc2ccccc2O1. The summed E-state index contributed by atoms with van der Waals surface area (Å²) in [4.78, 5) is 0. The summed E-state index contributed by atoms with van der Waals surface area (Å²) in [5, 5.41) is 6.91. The van der Waals surface area contributed by atoms with Crippen LogP contribution >= 0.6 is 12.2 Å². The zero-order chi connectivity index (χ0) is 12.8. The topological polar surface area (TPSA) is 42.5 Å². The van der Waals surface area contributed by atoms with E-state index in [4.69, 9.17) is 21.7 Å². The molecule has 1 aromatic carbocycles. The quantitative estimate of drug-likeness (QED) is 0.812. The van der Waals surface area contributed by atoms with Gasteiger partial charge in [-0.3, -0.25) is 0 Å². The Morgan fingerprint density at radius 2 is 2.11 bits per heavy atom. The fourth-order valence-electron chi connectivity index (χ4n) is 1.67. The monoisotopic (exact) mass is 266 g/mol. The number of fused-ring (bicyclic) bond motifs is 1. The van der Waals surface area contributed by atoms with Gasteiger partial charge in [0.15, 0.2) is 16.6 Å². The molecule has 0 amide bonds. The first kappa shape index (κ1) is 13.0. The largest absolute Gasteiger partial charge is 0.486 e. The Hall–Kier alpha value is -1.49. The third-order valence-corrected chi connectivity index (χ3v) is 2.88. The molecule has 0 aromatic heterocycles. The van der Waals surface area contributed by atoms with Gasteiger partial charge in [0.25, 0.3) is 0 Å². The predicted octanol–water partition coefficient (Wildman–Crippen LogP) is 1.70. The number of ether oxygens (including phenoxy) is 2. The van der Waals surface area contributed by atoms with Gasteiger partial charge in [0.2, 0.25) is 0 Å². The highest BCUT2D eigenvalue weighted by molar-refractivity contribution is 7.80. The van der Waals surface area contributed by atoms with Crippen LogP contribution in [0.15, 0.2) is 24.3 Å². The minimum Gasteiger partial charge on any atom is -0.486 e. The summed E-state index contributed by atoms with van der Waals surface area (Å²) in [7, 11) is 0. The maximum atomic E-state index is 5.81. The maximum Gasteiger partial charge on any atom is 0.166 e. The van der Waals surface area contributed by atoms with E-state index in [9.17, 15) is 0 Å². The second-order valence-corrected chi connectivity index (χ2v) is 4.54. The molecule has 98 valence electrons. The summed E-state index contributed by atoms with van der Waals surface area (Å²) in [6.07, 6.45) is 1.04. The van der Waals surface area contributed by atoms with Crippen molar-refractivity contribution in [1.29, 1.82) is 0 Å². The van der Waals surface area contributed by atoms with Crippen LogP contribution in [0.3, 0.4) is 0 Å². The molecule has 0 aliphatic carbocycles. The first-order valence-corrected chi connectivity index (χ1v) is 6.60. The van der Waals surface area contributed by atoms with Gasteiger partial charge >= 0.3 is 0 Å². The molecule has 0 fully saturated rings. The van der Waals surface area contributed by atoms with E-state index in [-0.39, 0.29) is 6.10 Å². The van der Waals surface area contributed by atoms with Crippen LogP contribution in [0.5, 0.6) is 11.5 Å². The maximum absolute atomic E-state index is 5.81. The second kappa shape index (κ2) is 6.44. The van der Waals surface area contributed by atoms with Gasteiger partial charge in [0, 0.05) is 6.54 Å². The summed E-state index contributed by atoms with van der Waals surface area (Å²) < 4.78 is 11.4. The number of nitrogens with one attached hydrogen (secondary N) is 2. The van der Waals surface area contributed by atoms with Crippen molar-refractivity contribution < 1.29 is 9.47 Å². The molecular weight excluding hydrogens is 248 g/mol. The van der Waals surface area contributed by atoms with E-state index in [1.165, 1.54) is 0 Å². The molecule has 0 saturated carbocycles. The number of para-hydroxylation sites is 2. The number of hydrogen-bond acceptors (Lipinski definition) is 3. The Balaban J connectivity index is 1.78. The van der Waals surface area contributed by atoms with Gasteiger partial charge in [-0.2, -0.15) is 0 Å². The van der Waals surface area contributed by atoms with E-state index >= 15 is 0 Å². The lowest BCUT2D eigenvalue weighted by Gasteiger charge is -2.26. The zero-order valence-corrected chi connectivity index (χ0v) is 11.3. The summed E-state index contributed by atoms with van der Waals surface area (Å²) in [6.45, 7) is 4.17. The zero-order valence-electron chi connectivity index (χ0n) is 10.4. The van der Waals surface area contributed by atoms with Crippen LogP contribution < -0.4 is 20.1 Å². The van der Waals surface area contributed by atoms with E-state index in [0.717, 1.165) is 24.5 Å². The molecule has 2 rings (SSSR count). The first-order chi connectivity index (χ1) is 8.79. The van der Waals surface area contributed by atoms with Crippen molar-refractivity contribution in [2.45, 2.75) is 19.4 Å². The summed E-state index contributed by atoms with van der Waals surface area (Å²) in [5.41, 5.74) is 0. The van der Waals surface area contributed by atoms with Crippen LogP contribution in [-0.4, -0.2) is 30.9 Å². The van der Waals surface area contributed by atoms with Crippen LogP contribution in [0.2, 0.25) is 0 Å². The molecule has 1 aliphatic rings. The molecule has 0 spiro atoms. The molecule has 1 aliphatic heterocycles. The third kappa shape index (κ3) is 3.50. The standard InChI is InChI=1S/C13H18N2O2S/c1-2-7-14-13(18)15-8-10-9-16-11-5-3-4-6-12(11)17-10/h3-6,10H,2,7-9H2,1H3,(H2,14,15,18). The fraction of sp³-hybridized carbons (Fsp3) is 0.462. The van der Waals surface area contributed by atoms with Crippen LogP contribution in [0.1, 0.15) is 13.3 Å². The molecule has 0 bridgehead atoms. The van der Waals surface area contributed by atoms with Crippen molar-refractivity contribution in [2.75, 3.05) is 19.7 Å². The van der Waals surface area contributed by atoms with E-state index in [1.807, 2.05) is 24.3 Å². The Kier molecular flexibility index (Phi) is 4.64. The van der Waals surface area contributed by atoms with Gasteiger partial charge in [0.05, 0.1) is 6.54 Å². The van der Waals surface area contributed by atoms with Gasteiger partial charge in [-0.15, -0.1) is 0 Å². The molecule has 18 heavy (non-hydrogen) atoms. The molecule has 0 radical (unpaired) electrons. The highest BCUT2D eigenvalue weighted by Gasteiger charge is 2.20. The molecule has 0 saturated heterocycles. The van der Waals surface area contributed by atoms with Crippen molar-refractivity contribution in [3.05, 3.63) is 24.3 Å². The van der Waals surface area contributed by atoms with E-state index in [1.54, 1.807) is 0 Å². The number of thiocarbonyl (C=S) groups is 1. The number of hydrogen-bond donors (Lipinski definition) is 2. The van der Waals surface area contributed by atoms with E-state index < -0.39 is 0 Å². The van der Waals surface area contributed by atoms with Crippen LogP contribution in [0, 0.1) is 0 Å². The molecular formula is C13H18N2O2S. The second-order valence-electron chi connectivity index (χ2n) is 4.13. The van der Waals surface area contributed by atoms with Crippen LogP contribution in [0.25, 0.3) is 0 Å². The van der Waals surface area contributed by atoms with Crippen LogP contribution in [0.4, 0.5) is 0 Å². The van der Waals surface area contributed by atoms with Gasteiger partial charge in [-0.05, 0) is 30.8 Å².